The molecule has 0 unspecified atom stereocenters. The Morgan fingerprint density at radius 2 is 1.94 bits per heavy atom. The van der Waals surface area contributed by atoms with Crippen molar-refractivity contribution in [3.8, 4) is 0 Å². The van der Waals surface area contributed by atoms with Crippen molar-refractivity contribution < 1.29 is 14.7 Å². The summed E-state index contributed by atoms with van der Waals surface area (Å²) >= 11 is 0. The van der Waals surface area contributed by atoms with E-state index in [0.717, 1.165) is 32.1 Å². The second-order valence-corrected chi connectivity index (χ2v) is 4.58. The maximum absolute atomic E-state index is 12.0. The highest BCUT2D eigenvalue weighted by Gasteiger charge is 2.39. The van der Waals surface area contributed by atoms with Gasteiger partial charge in [0.1, 0.15) is 6.04 Å². The second-order valence-electron chi connectivity index (χ2n) is 4.58. The number of aliphatic carboxylic acids is 1. The Hall–Kier alpha value is -1.10. The van der Waals surface area contributed by atoms with Gasteiger partial charge in [0.2, 0.25) is 5.91 Å². The van der Waals surface area contributed by atoms with Crippen molar-refractivity contribution in [1.82, 2.24) is 5.32 Å². The van der Waals surface area contributed by atoms with E-state index in [2.05, 4.69) is 5.32 Å². The van der Waals surface area contributed by atoms with Crippen molar-refractivity contribution in [3.63, 3.8) is 0 Å². The molecular formula is C11H20N2O3. The lowest BCUT2D eigenvalue weighted by atomic mass is 9.73. The SMILES string of the molecule is C[C@@H](NC(=O)C1(CN)CCCCC1)C(=O)O. The molecule has 4 N–H and O–H groups in total. The molecule has 1 aliphatic rings. The Morgan fingerprint density at radius 3 is 2.38 bits per heavy atom. The quantitative estimate of drug-likeness (QED) is 0.652. The smallest absolute Gasteiger partial charge is 0.325 e. The molecule has 1 rings (SSSR count). The van der Waals surface area contributed by atoms with Crippen molar-refractivity contribution in [2.45, 2.75) is 45.1 Å². The number of rotatable bonds is 4. The lowest BCUT2D eigenvalue weighted by molar-refractivity contribution is -0.143. The number of hydrogen-bond acceptors (Lipinski definition) is 3. The summed E-state index contributed by atoms with van der Waals surface area (Å²) in [5, 5.41) is 11.3. The van der Waals surface area contributed by atoms with Crippen LogP contribution in [0.2, 0.25) is 0 Å². The average molecular weight is 228 g/mol. The molecule has 0 radical (unpaired) electrons. The average Bonchev–Trinajstić information content (AvgIpc) is 2.29. The highest BCUT2D eigenvalue weighted by atomic mass is 16.4. The Balaban J connectivity index is 2.65. The number of nitrogens with one attached hydrogen (secondary N) is 1. The summed E-state index contributed by atoms with van der Waals surface area (Å²) < 4.78 is 0. The Morgan fingerprint density at radius 1 is 1.38 bits per heavy atom. The maximum atomic E-state index is 12.0. The lowest BCUT2D eigenvalue weighted by Gasteiger charge is -2.35. The molecule has 0 spiro atoms. The number of carbonyl (C=O) groups excluding carboxylic acids is 1. The van der Waals surface area contributed by atoms with Gasteiger partial charge in [0.05, 0.1) is 5.41 Å². The van der Waals surface area contributed by atoms with Crippen LogP contribution >= 0.6 is 0 Å². The first-order valence-electron chi connectivity index (χ1n) is 5.76. The van der Waals surface area contributed by atoms with Gasteiger partial charge in [-0.3, -0.25) is 9.59 Å². The number of carbonyl (C=O) groups is 2. The van der Waals surface area contributed by atoms with E-state index in [-0.39, 0.29) is 5.91 Å². The topological polar surface area (TPSA) is 92.4 Å². The number of nitrogens with two attached hydrogens (primary N) is 1. The molecule has 0 bridgehead atoms. The molecule has 1 fully saturated rings. The summed E-state index contributed by atoms with van der Waals surface area (Å²) in [5.41, 5.74) is 5.14. The van der Waals surface area contributed by atoms with E-state index < -0.39 is 17.4 Å². The highest BCUT2D eigenvalue weighted by Crippen LogP contribution is 2.35. The molecule has 0 aromatic carbocycles. The van der Waals surface area contributed by atoms with Gasteiger partial charge >= 0.3 is 5.97 Å². The van der Waals surface area contributed by atoms with Crippen LogP contribution in [0.3, 0.4) is 0 Å². The third-order valence-electron chi connectivity index (χ3n) is 3.40. The van der Waals surface area contributed by atoms with Gasteiger partial charge in [0.25, 0.3) is 0 Å². The minimum atomic E-state index is -1.02. The molecule has 0 heterocycles. The second kappa shape index (κ2) is 5.30. The van der Waals surface area contributed by atoms with Crippen LogP contribution in [0.1, 0.15) is 39.0 Å². The fourth-order valence-corrected chi connectivity index (χ4v) is 2.16. The summed E-state index contributed by atoms with van der Waals surface area (Å²) in [6.07, 6.45) is 4.64. The largest absolute Gasteiger partial charge is 0.480 e. The van der Waals surface area contributed by atoms with Crippen LogP contribution in [0.5, 0.6) is 0 Å². The summed E-state index contributed by atoms with van der Waals surface area (Å²) in [7, 11) is 0. The summed E-state index contributed by atoms with van der Waals surface area (Å²) in [5.74, 6) is -1.22. The first-order chi connectivity index (χ1) is 7.52. The van der Waals surface area contributed by atoms with Gasteiger partial charge in [-0.15, -0.1) is 0 Å². The molecule has 0 aromatic heterocycles. The van der Waals surface area contributed by atoms with Gasteiger partial charge in [-0.2, -0.15) is 0 Å². The van der Waals surface area contributed by atoms with Gasteiger partial charge in [0.15, 0.2) is 0 Å². The fraction of sp³-hybridized carbons (Fsp3) is 0.818. The first kappa shape index (κ1) is 13.0. The zero-order valence-electron chi connectivity index (χ0n) is 9.66. The summed E-state index contributed by atoms with van der Waals surface area (Å²) in [4.78, 5) is 22.7. The standard InChI is InChI=1S/C11H20N2O3/c1-8(9(14)15)13-10(16)11(7-12)5-3-2-4-6-11/h8H,2-7,12H2,1H3,(H,13,16)(H,14,15)/t8-/m1/s1. The summed E-state index contributed by atoms with van der Waals surface area (Å²) in [6.45, 7) is 1.76. The molecule has 92 valence electrons. The van der Waals surface area contributed by atoms with E-state index >= 15 is 0 Å². The molecule has 5 heteroatoms. The van der Waals surface area contributed by atoms with E-state index in [9.17, 15) is 9.59 Å². The Kier molecular flexibility index (Phi) is 4.29. The van der Waals surface area contributed by atoms with E-state index in [1.165, 1.54) is 6.92 Å². The van der Waals surface area contributed by atoms with Gasteiger partial charge in [-0.05, 0) is 19.8 Å². The van der Waals surface area contributed by atoms with Crippen molar-refractivity contribution in [2.75, 3.05) is 6.54 Å². The van der Waals surface area contributed by atoms with Gasteiger partial charge < -0.3 is 16.2 Å². The predicted molar refractivity (Wildman–Crippen MR) is 59.8 cm³/mol. The first-order valence-corrected chi connectivity index (χ1v) is 5.76. The van der Waals surface area contributed by atoms with E-state index in [1.807, 2.05) is 0 Å². The number of hydrogen-bond donors (Lipinski definition) is 3. The molecule has 1 saturated carbocycles. The highest BCUT2D eigenvalue weighted by molar-refractivity contribution is 5.87. The van der Waals surface area contributed by atoms with E-state index in [1.54, 1.807) is 0 Å². The van der Waals surface area contributed by atoms with Crippen LogP contribution in [-0.2, 0) is 9.59 Å². The number of carboxylic acid groups (broad SMARTS) is 1. The van der Waals surface area contributed by atoms with Crippen LogP contribution in [0, 0.1) is 5.41 Å². The third kappa shape index (κ3) is 2.72. The minimum Gasteiger partial charge on any atom is -0.480 e. The molecule has 16 heavy (non-hydrogen) atoms. The zero-order chi connectivity index (χ0) is 12.2. The number of amides is 1. The lowest BCUT2D eigenvalue weighted by Crippen LogP contribution is -2.51. The van der Waals surface area contributed by atoms with Gasteiger partial charge in [-0.1, -0.05) is 19.3 Å². The summed E-state index contributed by atoms with van der Waals surface area (Å²) in [6, 6.07) is -0.849. The number of carboxylic acids is 1. The maximum Gasteiger partial charge on any atom is 0.325 e. The van der Waals surface area contributed by atoms with Crippen LogP contribution in [0.4, 0.5) is 0 Å². The van der Waals surface area contributed by atoms with Crippen LogP contribution in [0.25, 0.3) is 0 Å². The van der Waals surface area contributed by atoms with E-state index in [0.29, 0.717) is 6.54 Å². The van der Waals surface area contributed by atoms with E-state index in [4.69, 9.17) is 10.8 Å². The third-order valence-corrected chi connectivity index (χ3v) is 3.40. The zero-order valence-corrected chi connectivity index (χ0v) is 9.66. The molecule has 1 amide bonds. The normalized spacial score (nSPS) is 21.1. The molecule has 0 aliphatic heterocycles. The predicted octanol–water partition coefficient (Wildman–Crippen LogP) is 0.485. The molecule has 1 aliphatic carbocycles. The molecule has 0 saturated heterocycles. The Labute approximate surface area is 95.4 Å². The van der Waals surface area contributed by atoms with Crippen molar-refractivity contribution in [2.24, 2.45) is 11.1 Å². The molecule has 0 aromatic rings. The van der Waals surface area contributed by atoms with Crippen molar-refractivity contribution in [3.05, 3.63) is 0 Å². The minimum absolute atomic E-state index is 0.204. The van der Waals surface area contributed by atoms with Crippen molar-refractivity contribution >= 4 is 11.9 Å². The monoisotopic (exact) mass is 228 g/mol. The van der Waals surface area contributed by atoms with Gasteiger partial charge in [-0.25, -0.2) is 0 Å². The van der Waals surface area contributed by atoms with Crippen LogP contribution < -0.4 is 11.1 Å². The van der Waals surface area contributed by atoms with Crippen LogP contribution in [-0.4, -0.2) is 29.6 Å². The van der Waals surface area contributed by atoms with Crippen LogP contribution in [0.15, 0.2) is 0 Å². The fourth-order valence-electron chi connectivity index (χ4n) is 2.16. The molecule has 5 nitrogen and oxygen atoms in total. The molecular weight excluding hydrogens is 208 g/mol. The molecule has 1 atom stereocenters. The Bertz CT molecular complexity index is 272. The van der Waals surface area contributed by atoms with Crippen molar-refractivity contribution in [1.29, 1.82) is 0 Å². The van der Waals surface area contributed by atoms with Gasteiger partial charge in [0, 0.05) is 6.54 Å².